The number of fused-ring (bicyclic) bond motifs is 1. The van der Waals surface area contributed by atoms with Crippen molar-refractivity contribution in [3.8, 4) is 0 Å². The highest BCUT2D eigenvalue weighted by atomic mass is 19.1. The summed E-state index contributed by atoms with van der Waals surface area (Å²) in [6.07, 6.45) is 5.73. The van der Waals surface area contributed by atoms with Gasteiger partial charge in [-0.1, -0.05) is 12.1 Å². The molecule has 154 valence electrons. The van der Waals surface area contributed by atoms with Crippen molar-refractivity contribution in [2.24, 2.45) is 0 Å². The van der Waals surface area contributed by atoms with Gasteiger partial charge >= 0.3 is 0 Å². The van der Waals surface area contributed by atoms with Crippen LogP contribution in [0.15, 0.2) is 30.5 Å². The summed E-state index contributed by atoms with van der Waals surface area (Å²) in [5, 5.41) is 0. The lowest BCUT2D eigenvalue weighted by molar-refractivity contribution is -0.129. The number of rotatable bonds is 4. The number of halogens is 1. The molecule has 1 saturated heterocycles. The van der Waals surface area contributed by atoms with Crippen molar-refractivity contribution in [1.82, 2.24) is 19.8 Å². The van der Waals surface area contributed by atoms with E-state index >= 15 is 0 Å². The third-order valence-electron chi connectivity index (χ3n) is 6.36. The van der Waals surface area contributed by atoms with E-state index in [0.717, 1.165) is 63.3 Å². The zero-order valence-corrected chi connectivity index (χ0v) is 17.3. The smallest absolute Gasteiger partial charge is 0.219 e. The number of carbonyl (C=O) groups is 1. The zero-order chi connectivity index (χ0) is 20.4. The molecule has 5 nitrogen and oxygen atoms in total. The summed E-state index contributed by atoms with van der Waals surface area (Å²) in [6.45, 7) is 7.31. The van der Waals surface area contributed by atoms with E-state index < -0.39 is 0 Å². The summed E-state index contributed by atoms with van der Waals surface area (Å²) in [7, 11) is 0. The van der Waals surface area contributed by atoms with E-state index in [1.165, 1.54) is 23.4 Å². The van der Waals surface area contributed by atoms with Crippen molar-refractivity contribution in [3.05, 3.63) is 58.9 Å². The van der Waals surface area contributed by atoms with Gasteiger partial charge < -0.3 is 4.90 Å². The van der Waals surface area contributed by atoms with Crippen molar-refractivity contribution >= 4 is 5.91 Å². The second-order valence-corrected chi connectivity index (χ2v) is 8.38. The average molecular weight is 397 g/mol. The molecule has 2 aromatic rings. The van der Waals surface area contributed by atoms with E-state index in [1.54, 1.807) is 6.92 Å². The number of hydrogen-bond donors (Lipinski definition) is 0. The number of likely N-dealkylation sites (tertiary alicyclic amines) is 1. The predicted octanol–water partition coefficient (Wildman–Crippen LogP) is 3.33. The van der Waals surface area contributed by atoms with Gasteiger partial charge in [-0.15, -0.1) is 0 Å². The fourth-order valence-electron chi connectivity index (χ4n) is 4.47. The highest BCUT2D eigenvalue weighted by Gasteiger charge is 2.27. The predicted molar refractivity (Wildman–Crippen MR) is 110 cm³/mol. The quantitative estimate of drug-likeness (QED) is 0.795. The van der Waals surface area contributed by atoms with E-state index in [0.29, 0.717) is 12.0 Å². The molecule has 0 N–H and O–H groups in total. The van der Waals surface area contributed by atoms with Gasteiger partial charge in [0.05, 0.1) is 0 Å². The lowest BCUT2D eigenvalue weighted by Crippen LogP contribution is -2.39. The molecule has 1 fully saturated rings. The Bertz CT molecular complexity index is 862. The minimum atomic E-state index is -0.187. The number of carbonyl (C=O) groups excluding carboxylic acids is 1. The van der Waals surface area contributed by atoms with Gasteiger partial charge in [-0.3, -0.25) is 9.69 Å². The Labute approximate surface area is 172 Å². The fourth-order valence-corrected chi connectivity index (χ4v) is 4.47. The van der Waals surface area contributed by atoms with Crippen molar-refractivity contribution in [2.45, 2.75) is 58.0 Å². The van der Waals surface area contributed by atoms with Gasteiger partial charge in [0, 0.05) is 68.9 Å². The van der Waals surface area contributed by atoms with Crippen LogP contribution in [0.5, 0.6) is 0 Å². The molecule has 0 spiro atoms. The lowest BCUT2D eigenvalue weighted by Gasteiger charge is -2.34. The van der Waals surface area contributed by atoms with Crippen LogP contribution in [-0.4, -0.2) is 51.4 Å². The maximum Gasteiger partial charge on any atom is 0.219 e. The number of hydrogen-bond acceptors (Lipinski definition) is 4. The van der Waals surface area contributed by atoms with Gasteiger partial charge in [-0.05, 0) is 43.9 Å². The Morgan fingerprint density at radius 1 is 1.21 bits per heavy atom. The molecule has 4 rings (SSSR count). The Morgan fingerprint density at radius 3 is 2.62 bits per heavy atom. The van der Waals surface area contributed by atoms with E-state index in [4.69, 9.17) is 9.97 Å². The maximum absolute atomic E-state index is 13.1. The van der Waals surface area contributed by atoms with E-state index in [-0.39, 0.29) is 11.7 Å². The minimum absolute atomic E-state index is 0.157. The van der Waals surface area contributed by atoms with Crippen molar-refractivity contribution in [2.75, 3.05) is 19.6 Å². The molecule has 0 aliphatic carbocycles. The molecule has 2 aliphatic heterocycles. The molecule has 6 heteroatoms. The third-order valence-corrected chi connectivity index (χ3v) is 6.36. The van der Waals surface area contributed by atoms with Crippen LogP contribution in [0.3, 0.4) is 0 Å². The largest absolute Gasteiger partial charge is 0.343 e. The van der Waals surface area contributed by atoms with E-state index in [1.807, 2.05) is 23.2 Å². The SMILES string of the molecule is CC(=O)N1CCC(c2ncc3c(n2)CCN([C@H](C)Cc2ccc(F)cc2)C3)CC1. The Hall–Kier alpha value is -2.34. The number of amides is 1. The standard InChI is InChI=1S/C23H29FN4O/c1-16(13-18-3-5-21(24)6-4-18)28-12-9-22-20(15-28)14-25-23(26-22)19-7-10-27(11-8-19)17(2)29/h3-6,14,16,19H,7-13,15H2,1-2H3/t16-/m1/s1. The number of nitrogens with zero attached hydrogens (tertiary/aromatic N) is 4. The molecule has 3 heterocycles. The van der Waals surface area contributed by atoms with Crippen LogP contribution >= 0.6 is 0 Å². The van der Waals surface area contributed by atoms with Crippen LogP contribution in [0.4, 0.5) is 4.39 Å². The first-order chi connectivity index (χ1) is 14.0. The molecule has 0 bridgehead atoms. The molecule has 2 aliphatic rings. The number of benzene rings is 1. The van der Waals surface area contributed by atoms with Crippen LogP contribution in [0, 0.1) is 5.82 Å². The van der Waals surface area contributed by atoms with Crippen LogP contribution < -0.4 is 0 Å². The van der Waals surface area contributed by atoms with Crippen LogP contribution in [0.2, 0.25) is 0 Å². The third kappa shape index (κ3) is 4.64. The monoisotopic (exact) mass is 396 g/mol. The minimum Gasteiger partial charge on any atom is -0.343 e. The summed E-state index contributed by atoms with van der Waals surface area (Å²) < 4.78 is 13.1. The average Bonchev–Trinajstić information content (AvgIpc) is 2.74. The Balaban J connectivity index is 1.38. The van der Waals surface area contributed by atoms with Crippen LogP contribution in [0.1, 0.15) is 55.3 Å². The molecule has 0 radical (unpaired) electrons. The normalized spacial score (nSPS) is 19.1. The summed E-state index contributed by atoms with van der Waals surface area (Å²) >= 11 is 0. The van der Waals surface area contributed by atoms with Gasteiger partial charge in [-0.25, -0.2) is 14.4 Å². The first-order valence-electron chi connectivity index (χ1n) is 10.6. The summed E-state index contributed by atoms with van der Waals surface area (Å²) in [5.74, 6) is 1.27. The molecule has 0 saturated carbocycles. The first-order valence-corrected chi connectivity index (χ1v) is 10.6. The molecule has 1 aromatic heterocycles. The molecule has 1 aromatic carbocycles. The summed E-state index contributed by atoms with van der Waals surface area (Å²) in [4.78, 5) is 25.5. The molecule has 1 atom stereocenters. The topological polar surface area (TPSA) is 49.3 Å². The van der Waals surface area contributed by atoms with Crippen LogP contribution in [-0.2, 0) is 24.2 Å². The molecule has 0 unspecified atom stereocenters. The summed E-state index contributed by atoms with van der Waals surface area (Å²) in [6, 6.07) is 7.19. The number of aromatic nitrogens is 2. The molecular formula is C23H29FN4O. The van der Waals surface area contributed by atoms with Crippen molar-refractivity contribution < 1.29 is 9.18 Å². The summed E-state index contributed by atoms with van der Waals surface area (Å²) in [5.41, 5.74) is 3.55. The van der Waals surface area contributed by atoms with Crippen LogP contribution in [0.25, 0.3) is 0 Å². The molecule has 1 amide bonds. The zero-order valence-electron chi connectivity index (χ0n) is 17.3. The molecular weight excluding hydrogens is 367 g/mol. The van der Waals surface area contributed by atoms with E-state index in [2.05, 4.69) is 11.8 Å². The highest BCUT2D eigenvalue weighted by molar-refractivity contribution is 5.73. The van der Waals surface area contributed by atoms with Gasteiger partial charge in [0.15, 0.2) is 0 Å². The molecule has 29 heavy (non-hydrogen) atoms. The Kier molecular flexibility index (Phi) is 5.90. The van der Waals surface area contributed by atoms with Crippen molar-refractivity contribution in [3.63, 3.8) is 0 Å². The second kappa shape index (κ2) is 8.57. The number of piperidine rings is 1. The highest BCUT2D eigenvalue weighted by Crippen LogP contribution is 2.28. The van der Waals surface area contributed by atoms with Gasteiger partial charge in [0.1, 0.15) is 11.6 Å². The first kappa shape index (κ1) is 20.0. The lowest BCUT2D eigenvalue weighted by atomic mass is 9.95. The van der Waals surface area contributed by atoms with E-state index in [9.17, 15) is 9.18 Å². The van der Waals surface area contributed by atoms with Gasteiger partial charge in [0.2, 0.25) is 5.91 Å². The Morgan fingerprint density at radius 2 is 1.93 bits per heavy atom. The van der Waals surface area contributed by atoms with Gasteiger partial charge in [0.25, 0.3) is 0 Å². The maximum atomic E-state index is 13.1. The fraction of sp³-hybridized carbons (Fsp3) is 0.522. The van der Waals surface area contributed by atoms with Crippen molar-refractivity contribution in [1.29, 1.82) is 0 Å². The van der Waals surface area contributed by atoms with Gasteiger partial charge in [-0.2, -0.15) is 0 Å². The second-order valence-electron chi connectivity index (χ2n) is 8.38.